The van der Waals surface area contributed by atoms with E-state index in [9.17, 15) is 18.0 Å². The molecule has 3 rings (SSSR count). The molecule has 2 aromatic rings. The number of rotatable bonds is 9. The number of methoxy groups -OCH3 is 4. The number of hydrogen-bond acceptors (Lipinski definition) is 8. The molecule has 0 radical (unpaired) electrons. The van der Waals surface area contributed by atoms with Gasteiger partial charge in [-0.3, -0.25) is 13.9 Å². The smallest absolute Gasteiger partial charge is 0.308 e. The summed E-state index contributed by atoms with van der Waals surface area (Å²) in [4.78, 5) is 26.6. The third-order valence-electron chi connectivity index (χ3n) is 6.01. The van der Waals surface area contributed by atoms with Crippen LogP contribution in [0.25, 0.3) is 0 Å². The van der Waals surface area contributed by atoms with E-state index in [0.717, 1.165) is 4.31 Å². The highest BCUT2D eigenvalue weighted by atomic mass is 35.5. The molecule has 1 amide bonds. The molecule has 0 bridgehead atoms. The van der Waals surface area contributed by atoms with E-state index < -0.39 is 22.5 Å². The molecule has 10 nitrogen and oxygen atoms in total. The van der Waals surface area contributed by atoms with Crippen LogP contribution in [0.15, 0.2) is 41.3 Å². The van der Waals surface area contributed by atoms with Gasteiger partial charge in [-0.05, 0) is 43.2 Å². The third-order valence-corrected chi connectivity index (χ3v) is 8.00. The zero-order valence-corrected chi connectivity index (χ0v) is 22.1. The molecule has 0 spiro atoms. The lowest BCUT2D eigenvalue weighted by Gasteiger charge is -2.33. The molecule has 0 saturated carbocycles. The van der Waals surface area contributed by atoms with Crippen LogP contribution in [0.3, 0.4) is 0 Å². The first-order valence-electron chi connectivity index (χ1n) is 11.1. The standard InChI is InChI=1S/C24H29ClN2O8S/c1-32-20-7-5-17(25)13-19(20)27(15-23(28)26-11-9-16(10-12-26)24(29)35-4)36(30,31)18-6-8-21(33-2)22(14-18)34-3/h5-8,13-14,16H,9-12,15H2,1-4H3. The molecule has 1 aliphatic rings. The Balaban J connectivity index is 1.99. The highest BCUT2D eigenvalue weighted by Gasteiger charge is 2.34. The van der Waals surface area contributed by atoms with Crippen LogP contribution in [0, 0.1) is 5.92 Å². The maximum atomic E-state index is 13.9. The minimum atomic E-state index is -4.29. The molecule has 0 aromatic heterocycles. The normalized spacial score (nSPS) is 14.2. The molecule has 0 unspecified atom stereocenters. The fraction of sp³-hybridized carbons (Fsp3) is 0.417. The van der Waals surface area contributed by atoms with E-state index in [1.807, 2.05) is 0 Å². The molecule has 12 heteroatoms. The number of sulfonamides is 1. The molecule has 196 valence electrons. The minimum Gasteiger partial charge on any atom is -0.495 e. The molecular weight excluding hydrogens is 512 g/mol. The van der Waals surface area contributed by atoms with Crippen molar-refractivity contribution in [3.63, 3.8) is 0 Å². The second-order valence-electron chi connectivity index (χ2n) is 8.02. The van der Waals surface area contributed by atoms with Gasteiger partial charge >= 0.3 is 5.97 Å². The van der Waals surface area contributed by atoms with Crippen LogP contribution >= 0.6 is 11.6 Å². The van der Waals surface area contributed by atoms with Gasteiger partial charge < -0.3 is 23.8 Å². The topological polar surface area (TPSA) is 112 Å². The van der Waals surface area contributed by atoms with Crippen molar-refractivity contribution in [2.75, 3.05) is 52.4 Å². The summed E-state index contributed by atoms with van der Waals surface area (Å²) in [6.07, 6.45) is 0.864. The maximum absolute atomic E-state index is 13.9. The summed E-state index contributed by atoms with van der Waals surface area (Å²) in [6.45, 7) is 0.0985. The quantitative estimate of drug-likeness (QED) is 0.446. The number of anilines is 1. The zero-order valence-electron chi connectivity index (χ0n) is 20.5. The monoisotopic (exact) mass is 540 g/mol. The van der Waals surface area contributed by atoms with Crippen molar-refractivity contribution in [3.05, 3.63) is 41.4 Å². The number of nitrogens with zero attached hydrogens (tertiary/aromatic N) is 2. The van der Waals surface area contributed by atoms with Gasteiger partial charge in [0.2, 0.25) is 5.91 Å². The van der Waals surface area contributed by atoms with Crippen LogP contribution in [0.2, 0.25) is 5.02 Å². The Morgan fingerprint density at radius 2 is 1.56 bits per heavy atom. The Labute approximate surface area is 215 Å². The number of likely N-dealkylation sites (tertiary alicyclic amines) is 1. The van der Waals surface area contributed by atoms with Gasteiger partial charge in [0.1, 0.15) is 12.3 Å². The van der Waals surface area contributed by atoms with Gasteiger partial charge in [-0.15, -0.1) is 0 Å². The lowest BCUT2D eigenvalue weighted by atomic mass is 9.97. The highest BCUT2D eigenvalue weighted by molar-refractivity contribution is 7.92. The molecule has 0 atom stereocenters. The summed E-state index contributed by atoms with van der Waals surface area (Å²) in [6, 6.07) is 8.68. The zero-order chi connectivity index (χ0) is 26.5. The van der Waals surface area contributed by atoms with Crippen molar-refractivity contribution in [2.24, 2.45) is 5.92 Å². The average Bonchev–Trinajstić information content (AvgIpc) is 2.90. The van der Waals surface area contributed by atoms with Crippen molar-refractivity contribution in [1.82, 2.24) is 4.90 Å². The van der Waals surface area contributed by atoms with Crippen molar-refractivity contribution in [2.45, 2.75) is 17.7 Å². The second kappa shape index (κ2) is 11.7. The minimum absolute atomic E-state index is 0.109. The summed E-state index contributed by atoms with van der Waals surface area (Å²) in [5, 5.41) is 0.268. The Hall–Kier alpha value is -3.18. The molecule has 1 heterocycles. The summed E-state index contributed by atoms with van der Waals surface area (Å²) < 4.78 is 49.4. The Morgan fingerprint density at radius 3 is 2.14 bits per heavy atom. The fourth-order valence-electron chi connectivity index (χ4n) is 4.02. The van der Waals surface area contributed by atoms with Gasteiger partial charge in [-0.1, -0.05) is 11.6 Å². The van der Waals surface area contributed by atoms with E-state index in [1.165, 1.54) is 63.7 Å². The molecule has 1 aliphatic heterocycles. The fourth-order valence-corrected chi connectivity index (χ4v) is 5.61. The van der Waals surface area contributed by atoms with Gasteiger partial charge in [-0.2, -0.15) is 0 Å². The van der Waals surface area contributed by atoms with Gasteiger partial charge in [0.25, 0.3) is 10.0 Å². The first-order valence-corrected chi connectivity index (χ1v) is 12.9. The first kappa shape index (κ1) is 27.4. The number of amides is 1. The number of hydrogen-bond donors (Lipinski definition) is 0. The van der Waals surface area contributed by atoms with Crippen LogP contribution in [-0.2, 0) is 24.3 Å². The van der Waals surface area contributed by atoms with Gasteiger partial charge in [0.15, 0.2) is 11.5 Å². The van der Waals surface area contributed by atoms with Crippen molar-refractivity contribution in [1.29, 1.82) is 0 Å². The predicted molar refractivity (Wildman–Crippen MR) is 133 cm³/mol. The van der Waals surface area contributed by atoms with Gasteiger partial charge in [-0.25, -0.2) is 8.42 Å². The van der Waals surface area contributed by atoms with Crippen molar-refractivity contribution < 1.29 is 37.0 Å². The molecule has 0 N–H and O–H groups in total. The van der Waals surface area contributed by atoms with Crippen LogP contribution in [-0.4, -0.2) is 73.3 Å². The van der Waals surface area contributed by atoms with Crippen LogP contribution in [0.1, 0.15) is 12.8 Å². The number of carbonyl (C=O) groups is 2. The van der Waals surface area contributed by atoms with E-state index in [1.54, 1.807) is 6.07 Å². The summed E-state index contributed by atoms with van der Waals surface area (Å²) in [7, 11) is 1.28. The van der Waals surface area contributed by atoms with E-state index in [2.05, 4.69) is 0 Å². The second-order valence-corrected chi connectivity index (χ2v) is 10.3. The molecular formula is C24H29ClN2O8S. The highest BCUT2D eigenvalue weighted by Crippen LogP contribution is 2.37. The molecule has 1 saturated heterocycles. The van der Waals surface area contributed by atoms with Crippen LogP contribution < -0.4 is 18.5 Å². The Kier molecular flexibility index (Phi) is 8.91. The number of benzene rings is 2. The average molecular weight is 541 g/mol. The lowest BCUT2D eigenvalue weighted by molar-refractivity contribution is -0.148. The molecule has 0 aliphatic carbocycles. The third kappa shape index (κ3) is 5.79. The van der Waals surface area contributed by atoms with Gasteiger partial charge in [0.05, 0.1) is 44.9 Å². The van der Waals surface area contributed by atoms with Crippen molar-refractivity contribution in [3.8, 4) is 17.2 Å². The van der Waals surface area contributed by atoms with E-state index in [0.29, 0.717) is 31.7 Å². The molecule has 1 fully saturated rings. The lowest BCUT2D eigenvalue weighted by Crippen LogP contribution is -2.46. The Morgan fingerprint density at radius 1 is 0.944 bits per heavy atom. The number of halogens is 1. The summed E-state index contributed by atoms with van der Waals surface area (Å²) in [5.41, 5.74) is 0.109. The number of esters is 1. The van der Waals surface area contributed by atoms with Crippen LogP contribution in [0.4, 0.5) is 5.69 Å². The van der Waals surface area contributed by atoms with Crippen molar-refractivity contribution >= 4 is 39.2 Å². The predicted octanol–water partition coefficient (Wildman–Crippen LogP) is 2.97. The first-order chi connectivity index (χ1) is 17.2. The van der Waals surface area contributed by atoms with E-state index in [-0.39, 0.29) is 39.0 Å². The number of piperidine rings is 1. The SMILES string of the molecule is COC(=O)C1CCN(C(=O)CN(c2cc(Cl)ccc2OC)S(=O)(=O)c2ccc(OC)c(OC)c2)CC1. The van der Waals surface area contributed by atoms with Crippen LogP contribution in [0.5, 0.6) is 17.2 Å². The Bertz CT molecular complexity index is 1210. The molecule has 36 heavy (non-hydrogen) atoms. The van der Waals surface area contributed by atoms with E-state index >= 15 is 0 Å². The number of carbonyl (C=O) groups excluding carboxylic acids is 2. The van der Waals surface area contributed by atoms with E-state index in [4.69, 9.17) is 30.5 Å². The summed E-state index contributed by atoms with van der Waals surface area (Å²) >= 11 is 6.19. The van der Waals surface area contributed by atoms with Gasteiger partial charge in [0, 0.05) is 24.2 Å². The summed E-state index contributed by atoms with van der Waals surface area (Å²) in [5.74, 6) is -0.243. The largest absolute Gasteiger partial charge is 0.495 e. The number of ether oxygens (including phenoxy) is 4. The maximum Gasteiger partial charge on any atom is 0.308 e. The molecule has 2 aromatic carbocycles.